The van der Waals surface area contributed by atoms with Crippen LogP contribution in [0.5, 0.6) is 0 Å². The van der Waals surface area contributed by atoms with Crippen LogP contribution in [0, 0.1) is 31.4 Å². The Kier molecular flexibility index (Phi) is 9.16. The van der Waals surface area contributed by atoms with Gasteiger partial charge in [-0.3, -0.25) is 33.0 Å². The van der Waals surface area contributed by atoms with Gasteiger partial charge in [0, 0.05) is 48.1 Å². The van der Waals surface area contributed by atoms with Crippen LogP contribution in [0.15, 0.2) is 93.6 Å². The summed E-state index contributed by atoms with van der Waals surface area (Å²) in [6, 6.07) is 13.8. The quantitative estimate of drug-likeness (QED) is 0.165. The van der Waals surface area contributed by atoms with Crippen molar-refractivity contribution in [2.24, 2.45) is 13.0 Å². The smallest absolute Gasteiger partial charge is 0.376 e. The molecule has 1 saturated heterocycles. The molecule has 1 amide bonds. The summed E-state index contributed by atoms with van der Waals surface area (Å²) in [7, 11) is 1.71. The first-order valence-corrected chi connectivity index (χ1v) is 22.9. The SMILES string of the molecule is Cc1cc(-n2nc3c(c2-n2ccn(-c4ccc5c(cnn5C)c4F)c2=O)[C@H](C)N(C(=O)c2cc4cc([C@H]5CCOC(C)(C)C5)ccc4n2[C@@]2(c4noc(=O)[nH]4)C[C@@H]2C)c2cnncc2-3)cc(C)c1F. The van der Waals surface area contributed by atoms with Crippen molar-refractivity contribution in [2.75, 3.05) is 11.5 Å². The second-order valence-electron chi connectivity index (χ2n) is 19.4. The zero-order valence-corrected chi connectivity index (χ0v) is 38.8. The van der Waals surface area contributed by atoms with E-state index in [1.807, 2.05) is 30.5 Å². The number of aryl methyl sites for hydroxylation is 3. The largest absolute Gasteiger partial charge is 0.438 e. The number of ether oxygens (including phenoxy) is 1. The normalized spacial score (nSPS) is 20.7. The van der Waals surface area contributed by atoms with Crippen LogP contribution in [0.25, 0.3) is 50.3 Å². The van der Waals surface area contributed by atoms with E-state index in [1.165, 1.54) is 46.2 Å². The van der Waals surface area contributed by atoms with Gasteiger partial charge in [0.15, 0.2) is 17.5 Å². The summed E-state index contributed by atoms with van der Waals surface area (Å²) in [5.41, 5.74) is 3.77. The zero-order chi connectivity index (χ0) is 48.0. The second-order valence-corrected chi connectivity index (χ2v) is 19.4. The number of amides is 1. The number of imidazole rings is 1. The molecule has 2 fully saturated rings. The molecule has 1 N–H and O–H groups in total. The molecule has 69 heavy (non-hydrogen) atoms. The fourth-order valence-corrected chi connectivity index (χ4v) is 11.2. The van der Waals surface area contributed by atoms with Gasteiger partial charge in [-0.05, 0) is 125 Å². The number of benzene rings is 3. The minimum absolute atomic E-state index is 0.00587. The Hall–Kier alpha value is -7.80. The average Bonchev–Trinajstić information content (AvgIpc) is 3.96. The third-order valence-corrected chi connectivity index (χ3v) is 14.7. The van der Waals surface area contributed by atoms with Crippen LogP contribution in [-0.2, 0) is 17.3 Å². The van der Waals surface area contributed by atoms with Crippen LogP contribution < -0.4 is 16.3 Å². The lowest BCUT2D eigenvalue weighted by atomic mass is 9.83. The Morgan fingerprint density at radius 2 is 1.62 bits per heavy atom. The van der Waals surface area contributed by atoms with Gasteiger partial charge in [0.05, 0.1) is 58.2 Å². The summed E-state index contributed by atoms with van der Waals surface area (Å²) >= 11 is 0. The Balaban J connectivity index is 1.07. The van der Waals surface area contributed by atoms with Crippen LogP contribution in [0.1, 0.15) is 97.5 Å². The first kappa shape index (κ1) is 42.5. The number of nitrogens with zero attached hydrogens (tertiary/aromatic N) is 11. The van der Waals surface area contributed by atoms with Gasteiger partial charge in [0.2, 0.25) is 0 Å². The number of carbonyl (C=O) groups excluding carboxylic acids is 1. The third kappa shape index (κ3) is 6.21. The van der Waals surface area contributed by atoms with E-state index in [0.29, 0.717) is 69.4 Å². The molecule has 2 aliphatic heterocycles. The van der Waals surface area contributed by atoms with Crippen LogP contribution in [0.4, 0.5) is 14.5 Å². The average molecular weight is 933 g/mol. The maximum atomic E-state index is 16.3. The van der Waals surface area contributed by atoms with Gasteiger partial charge >= 0.3 is 11.4 Å². The molecule has 0 spiro atoms. The van der Waals surface area contributed by atoms with Crippen molar-refractivity contribution in [3.63, 3.8) is 0 Å². The lowest BCUT2D eigenvalue weighted by Gasteiger charge is -2.35. The molecule has 19 heteroatoms. The van der Waals surface area contributed by atoms with Crippen LogP contribution in [0.2, 0.25) is 0 Å². The second kappa shape index (κ2) is 14.8. The molecule has 8 heterocycles. The molecule has 1 saturated carbocycles. The van der Waals surface area contributed by atoms with Gasteiger partial charge in [-0.2, -0.15) is 20.4 Å². The van der Waals surface area contributed by atoms with Crippen molar-refractivity contribution in [3.8, 4) is 28.5 Å². The number of aromatic amines is 1. The van der Waals surface area contributed by atoms with Crippen molar-refractivity contribution in [2.45, 2.75) is 83.9 Å². The lowest BCUT2D eigenvalue weighted by molar-refractivity contribution is -0.0592. The molecule has 3 aromatic carbocycles. The van der Waals surface area contributed by atoms with E-state index in [0.717, 1.165) is 29.3 Å². The summed E-state index contributed by atoms with van der Waals surface area (Å²) in [5.74, 6) is -1.43. The predicted octanol–water partition coefficient (Wildman–Crippen LogP) is 7.86. The van der Waals surface area contributed by atoms with Gasteiger partial charge in [-0.25, -0.2) is 23.1 Å². The molecule has 350 valence electrons. The Morgan fingerprint density at radius 3 is 2.35 bits per heavy atom. The van der Waals surface area contributed by atoms with Crippen molar-refractivity contribution >= 4 is 33.4 Å². The Morgan fingerprint density at radius 1 is 0.884 bits per heavy atom. The summed E-state index contributed by atoms with van der Waals surface area (Å²) in [6.07, 6.45) is 9.68. The number of nitrogens with one attached hydrogen (secondary N) is 1. The number of hydrogen-bond acceptors (Lipinski definition) is 10. The van der Waals surface area contributed by atoms with Gasteiger partial charge in [-0.1, -0.05) is 18.1 Å². The van der Waals surface area contributed by atoms with Gasteiger partial charge < -0.3 is 9.30 Å². The number of aromatic nitrogens is 11. The van der Waals surface area contributed by atoms with E-state index >= 15 is 13.6 Å². The molecule has 6 aromatic heterocycles. The highest BCUT2D eigenvalue weighted by atomic mass is 19.1. The molecule has 0 radical (unpaired) electrons. The maximum absolute atomic E-state index is 16.3. The molecular formula is C50H46F2N12O5. The molecule has 12 rings (SSSR count). The van der Waals surface area contributed by atoms with Gasteiger partial charge in [0.25, 0.3) is 5.91 Å². The molecule has 0 bridgehead atoms. The number of anilines is 1. The van der Waals surface area contributed by atoms with Crippen molar-refractivity contribution in [1.82, 2.24) is 53.6 Å². The van der Waals surface area contributed by atoms with Crippen LogP contribution in [-0.4, -0.2) is 71.7 Å². The molecule has 9 aromatic rings. The fourth-order valence-electron chi connectivity index (χ4n) is 11.2. The number of carbonyl (C=O) groups is 1. The fraction of sp³-hybridized carbons (Fsp3) is 0.320. The third-order valence-electron chi connectivity index (χ3n) is 14.7. The maximum Gasteiger partial charge on any atom is 0.438 e. The topological polar surface area (TPSA) is 182 Å². The minimum atomic E-state index is -0.941. The highest BCUT2D eigenvalue weighted by Crippen LogP contribution is 2.56. The lowest BCUT2D eigenvalue weighted by Crippen LogP contribution is -2.39. The predicted molar refractivity (Wildman–Crippen MR) is 250 cm³/mol. The van der Waals surface area contributed by atoms with E-state index in [-0.39, 0.29) is 40.1 Å². The van der Waals surface area contributed by atoms with E-state index < -0.39 is 34.8 Å². The minimum Gasteiger partial charge on any atom is -0.376 e. The number of hydrogen-bond donors (Lipinski definition) is 1. The highest BCUT2D eigenvalue weighted by molar-refractivity contribution is 6.11. The monoisotopic (exact) mass is 932 g/mol. The number of halogens is 2. The first-order valence-electron chi connectivity index (χ1n) is 22.9. The highest BCUT2D eigenvalue weighted by Gasteiger charge is 2.59. The first-order chi connectivity index (χ1) is 33.1. The van der Waals surface area contributed by atoms with Crippen molar-refractivity contribution in [3.05, 3.63) is 146 Å². The van der Waals surface area contributed by atoms with E-state index in [1.54, 1.807) is 53.4 Å². The number of H-pyrrole nitrogens is 1. The Bertz CT molecular complexity index is 3730. The summed E-state index contributed by atoms with van der Waals surface area (Å²) in [5, 5.41) is 23.1. The molecule has 1 aliphatic carbocycles. The summed E-state index contributed by atoms with van der Waals surface area (Å²) < 4.78 is 50.4. The number of rotatable bonds is 7. The summed E-state index contributed by atoms with van der Waals surface area (Å²) in [4.78, 5) is 47.9. The molecule has 0 unspecified atom stereocenters. The van der Waals surface area contributed by atoms with Gasteiger partial charge in [-0.15, -0.1) is 0 Å². The molecule has 3 aliphatic rings. The van der Waals surface area contributed by atoms with E-state index in [4.69, 9.17) is 14.4 Å². The van der Waals surface area contributed by atoms with Crippen molar-refractivity contribution < 1.29 is 22.8 Å². The van der Waals surface area contributed by atoms with Gasteiger partial charge in [0.1, 0.15) is 22.7 Å². The summed E-state index contributed by atoms with van der Waals surface area (Å²) in [6.45, 7) is 12.0. The van der Waals surface area contributed by atoms with Crippen molar-refractivity contribution in [1.29, 1.82) is 0 Å². The zero-order valence-electron chi connectivity index (χ0n) is 38.8. The van der Waals surface area contributed by atoms with Crippen LogP contribution in [0.3, 0.4) is 0 Å². The Labute approximate surface area is 391 Å². The molecular weight excluding hydrogens is 887 g/mol. The molecule has 17 nitrogen and oxygen atoms in total. The molecule has 4 atom stereocenters. The van der Waals surface area contributed by atoms with Crippen LogP contribution >= 0.6 is 0 Å². The standard InChI is InChI=1S/C50H46F2N12O5/c1-25-16-32(17-26(2)41(25)51)64-44(61-14-13-60(48(61)67)37-11-10-36-33(42(37)52)23-55-59(36)7)40-28(4)62(39-24-54-53-22-34(39)43(40)57-64)45(65)38-19-31-18-29(30-12-15-68-49(5,6)21-30)8-9-35(31)63(38)50(20-27(50)3)46-56-47(66)69-58-46/h8-11,13-14,16-19,22-24,27-28,30H,12,15,20-21H2,1-7H3,(H,56,58,66)/t27-,28-,30-,50-/m0/s1. The van der Waals surface area contributed by atoms with E-state index in [9.17, 15) is 9.59 Å². The van der Waals surface area contributed by atoms with E-state index in [2.05, 4.69) is 51.4 Å². The number of fused-ring (bicyclic) bond motifs is 5.